The van der Waals surface area contributed by atoms with E-state index in [2.05, 4.69) is 25.9 Å². The molecule has 128 valence electrons. The van der Waals surface area contributed by atoms with Crippen molar-refractivity contribution in [2.45, 2.75) is 25.5 Å². The van der Waals surface area contributed by atoms with Crippen molar-refractivity contribution in [2.75, 3.05) is 6.54 Å². The summed E-state index contributed by atoms with van der Waals surface area (Å²) in [6.45, 7) is 0.981. The van der Waals surface area contributed by atoms with E-state index in [-0.39, 0.29) is 18.7 Å². The van der Waals surface area contributed by atoms with E-state index < -0.39 is 0 Å². The zero-order chi connectivity index (χ0) is 17.2. The number of halogens is 1. The van der Waals surface area contributed by atoms with Crippen molar-refractivity contribution in [3.8, 4) is 0 Å². The first-order chi connectivity index (χ1) is 12.2. The van der Waals surface area contributed by atoms with Crippen LogP contribution in [-0.4, -0.2) is 27.5 Å². The topological polar surface area (TPSA) is 58.2 Å². The number of imidazole rings is 1. The molecule has 0 bridgehead atoms. The number of aromatic nitrogens is 2. The minimum Gasteiger partial charge on any atom is -0.445 e. The van der Waals surface area contributed by atoms with E-state index in [1.54, 1.807) is 4.90 Å². The van der Waals surface area contributed by atoms with Gasteiger partial charge in [-0.1, -0.05) is 46.3 Å². The Morgan fingerprint density at radius 1 is 1.28 bits per heavy atom. The number of hydrogen-bond donors (Lipinski definition) is 1. The number of benzene rings is 2. The quantitative estimate of drug-likeness (QED) is 0.687. The fourth-order valence-corrected chi connectivity index (χ4v) is 3.59. The largest absolute Gasteiger partial charge is 0.445 e. The van der Waals surface area contributed by atoms with Crippen LogP contribution in [0.4, 0.5) is 4.79 Å². The summed E-state index contributed by atoms with van der Waals surface area (Å²) in [5.41, 5.74) is 2.86. The fourth-order valence-electron chi connectivity index (χ4n) is 3.23. The third-order valence-electron chi connectivity index (χ3n) is 4.47. The van der Waals surface area contributed by atoms with E-state index >= 15 is 0 Å². The van der Waals surface area contributed by atoms with Crippen molar-refractivity contribution in [1.82, 2.24) is 14.9 Å². The molecule has 0 spiro atoms. The molecule has 1 amide bonds. The Morgan fingerprint density at radius 2 is 2.12 bits per heavy atom. The van der Waals surface area contributed by atoms with E-state index in [1.807, 2.05) is 48.5 Å². The molecule has 1 saturated heterocycles. The van der Waals surface area contributed by atoms with Crippen LogP contribution in [0.5, 0.6) is 0 Å². The second kappa shape index (κ2) is 6.88. The first-order valence-electron chi connectivity index (χ1n) is 8.33. The van der Waals surface area contributed by atoms with E-state index in [4.69, 9.17) is 4.74 Å². The highest BCUT2D eigenvalue weighted by Crippen LogP contribution is 2.32. The summed E-state index contributed by atoms with van der Waals surface area (Å²) in [6.07, 6.45) is 1.56. The van der Waals surface area contributed by atoms with Gasteiger partial charge in [0.1, 0.15) is 12.4 Å². The van der Waals surface area contributed by atoms with Crippen LogP contribution in [-0.2, 0) is 11.3 Å². The Morgan fingerprint density at radius 3 is 2.96 bits per heavy atom. The molecule has 2 heterocycles. The monoisotopic (exact) mass is 399 g/mol. The summed E-state index contributed by atoms with van der Waals surface area (Å²) < 4.78 is 6.50. The summed E-state index contributed by atoms with van der Waals surface area (Å²) in [7, 11) is 0. The number of amides is 1. The smallest absolute Gasteiger partial charge is 0.410 e. The molecule has 0 radical (unpaired) electrons. The summed E-state index contributed by atoms with van der Waals surface area (Å²) >= 11 is 3.47. The van der Waals surface area contributed by atoms with Gasteiger partial charge in [0.15, 0.2) is 0 Å². The highest BCUT2D eigenvalue weighted by molar-refractivity contribution is 9.10. The van der Waals surface area contributed by atoms with Gasteiger partial charge in [-0.15, -0.1) is 0 Å². The van der Waals surface area contributed by atoms with Gasteiger partial charge in [-0.05, 0) is 36.6 Å². The highest BCUT2D eigenvalue weighted by Gasteiger charge is 2.33. The number of H-pyrrole nitrogens is 1. The Kier molecular flexibility index (Phi) is 4.44. The number of ether oxygens (including phenoxy) is 1. The SMILES string of the molecule is O=C(OCc1ccccc1)N1CCCC1c1nc2ccc(Br)cc2[nH]1. The number of rotatable bonds is 3. The van der Waals surface area contributed by atoms with Gasteiger partial charge in [-0.25, -0.2) is 9.78 Å². The van der Waals surface area contributed by atoms with Gasteiger partial charge >= 0.3 is 6.09 Å². The number of fused-ring (bicyclic) bond motifs is 1. The van der Waals surface area contributed by atoms with Gasteiger partial charge in [0.2, 0.25) is 0 Å². The molecule has 4 rings (SSSR count). The van der Waals surface area contributed by atoms with E-state index in [1.165, 1.54) is 0 Å². The van der Waals surface area contributed by atoms with E-state index in [9.17, 15) is 4.79 Å². The maximum atomic E-state index is 12.5. The van der Waals surface area contributed by atoms with E-state index in [0.717, 1.165) is 39.7 Å². The van der Waals surface area contributed by atoms with Crippen molar-refractivity contribution >= 4 is 33.1 Å². The third kappa shape index (κ3) is 3.39. The molecule has 1 atom stereocenters. The molecule has 3 aromatic rings. The fraction of sp³-hybridized carbons (Fsp3) is 0.263. The number of hydrogen-bond acceptors (Lipinski definition) is 3. The van der Waals surface area contributed by atoms with Gasteiger partial charge < -0.3 is 9.72 Å². The molecular formula is C19H18BrN3O2. The lowest BCUT2D eigenvalue weighted by Gasteiger charge is -2.22. The Bertz CT molecular complexity index is 894. The summed E-state index contributed by atoms with van der Waals surface area (Å²) in [5, 5.41) is 0. The van der Waals surface area contributed by atoms with Crippen LogP contribution >= 0.6 is 15.9 Å². The predicted molar refractivity (Wildman–Crippen MR) is 99.1 cm³/mol. The molecule has 5 nitrogen and oxygen atoms in total. The van der Waals surface area contributed by atoms with Crippen molar-refractivity contribution < 1.29 is 9.53 Å². The normalized spacial score (nSPS) is 17.2. The van der Waals surface area contributed by atoms with E-state index in [0.29, 0.717) is 6.54 Å². The number of nitrogens with zero attached hydrogens (tertiary/aromatic N) is 2. The van der Waals surface area contributed by atoms with Crippen molar-refractivity contribution in [3.05, 3.63) is 64.4 Å². The second-order valence-electron chi connectivity index (χ2n) is 6.18. The second-order valence-corrected chi connectivity index (χ2v) is 7.09. The lowest BCUT2D eigenvalue weighted by atomic mass is 10.2. The van der Waals surface area contributed by atoms with Crippen LogP contribution in [0, 0.1) is 0 Å². The summed E-state index contributed by atoms with van der Waals surface area (Å²) in [5.74, 6) is 0.822. The van der Waals surface area contributed by atoms with Crippen molar-refractivity contribution in [3.63, 3.8) is 0 Å². The van der Waals surface area contributed by atoms with Crippen LogP contribution in [0.25, 0.3) is 11.0 Å². The van der Waals surface area contributed by atoms with Gasteiger partial charge in [0, 0.05) is 11.0 Å². The maximum absolute atomic E-state index is 12.5. The molecule has 1 aliphatic heterocycles. The number of carbonyl (C=O) groups is 1. The number of nitrogens with one attached hydrogen (secondary N) is 1. The molecule has 0 saturated carbocycles. The zero-order valence-electron chi connectivity index (χ0n) is 13.6. The Labute approximate surface area is 154 Å². The first kappa shape index (κ1) is 16.1. The lowest BCUT2D eigenvalue weighted by Crippen LogP contribution is -2.31. The predicted octanol–water partition coefficient (Wildman–Crippen LogP) is 4.80. The molecule has 1 fully saturated rings. The van der Waals surface area contributed by atoms with Gasteiger partial charge in [0.25, 0.3) is 0 Å². The minimum absolute atomic E-state index is 0.0607. The maximum Gasteiger partial charge on any atom is 0.410 e. The van der Waals surface area contributed by atoms with Crippen molar-refractivity contribution in [1.29, 1.82) is 0 Å². The minimum atomic E-state index is -0.284. The van der Waals surface area contributed by atoms with Crippen LogP contribution < -0.4 is 0 Å². The first-order valence-corrected chi connectivity index (χ1v) is 9.12. The van der Waals surface area contributed by atoms with Crippen LogP contribution in [0.3, 0.4) is 0 Å². The highest BCUT2D eigenvalue weighted by atomic mass is 79.9. The van der Waals surface area contributed by atoms with Crippen LogP contribution in [0.15, 0.2) is 53.0 Å². The summed E-state index contributed by atoms with van der Waals surface area (Å²) in [4.78, 5) is 22.3. The van der Waals surface area contributed by atoms with Gasteiger partial charge in [0.05, 0.1) is 17.1 Å². The number of carbonyl (C=O) groups excluding carboxylic acids is 1. The Balaban J connectivity index is 1.50. The molecule has 1 aromatic heterocycles. The lowest BCUT2D eigenvalue weighted by molar-refractivity contribution is 0.0910. The molecule has 25 heavy (non-hydrogen) atoms. The number of likely N-dealkylation sites (tertiary alicyclic amines) is 1. The molecule has 0 aliphatic carbocycles. The van der Waals surface area contributed by atoms with Crippen molar-refractivity contribution in [2.24, 2.45) is 0 Å². The van der Waals surface area contributed by atoms with Crippen LogP contribution in [0.2, 0.25) is 0 Å². The standard InChI is InChI=1S/C19H18BrN3O2/c20-14-8-9-15-16(11-14)22-18(21-15)17-7-4-10-23(17)19(24)25-12-13-5-2-1-3-6-13/h1-3,5-6,8-9,11,17H,4,7,10,12H2,(H,21,22). The molecular weight excluding hydrogens is 382 g/mol. The number of aromatic amines is 1. The average Bonchev–Trinajstić information content (AvgIpc) is 3.26. The van der Waals surface area contributed by atoms with Gasteiger partial charge in [-0.2, -0.15) is 0 Å². The average molecular weight is 400 g/mol. The molecule has 2 aromatic carbocycles. The Hall–Kier alpha value is -2.34. The molecule has 1 unspecified atom stereocenters. The third-order valence-corrected chi connectivity index (χ3v) is 4.96. The van der Waals surface area contributed by atoms with Gasteiger partial charge in [-0.3, -0.25) is 4.90 Å². The zero-order valence-corrected chi connectivity index (χ0v) is 15.2. The van der Waals surface area contributed by atoms with Crippen LogP contribution in [0.1, 0.15) is 30.3 Å². The molecule has 1 N–H and O–H groups in total. The molecule has 6 heteroatoms. The molecule has 1 aliphatic rings. The summed E-state index contributed by atoms with van der Waals surface area (Å²) in [6, 6.07) is 15.6.